The monoisotopic (exact) mass is 293 g/mol. The van der Waals surface area contributed by atoms with Crippen molar-refractivity contribution in [3.05, 3.63) is 0 Å². The van der Waals surface area contributed by atoms with Crippen LogP contribution < -0.4 is 5.32 Å². The minimum atomic E-state index is -0.0698. The van der Waals surface area contributed by atoms with Crippen molar-refractivity contribution in [2.75, 3.05) is 6.61 Å². The zero-order valence-corrected chi connectivity index (χ0v) is 14.1. The molecule has 3 nitrogen and oxygen atoms in total. The van der Waals surface area contributed by atoms with Crippen molar-refractivity contribution in [1.29, 1.82) is 0 Å². The van der Waals surface area contributed by atoms with Crippen molar-refractivity contribution in [3.63, 3.8) is 0 Å². The van der Waals surface area contributed by atoms with E-state index in [4.69, 9.17) is 4.74 Å². The zero-order chi connectivity index (χ0) is 15.3. The summed E-state index contributed by atoms with van der Waals surface area (Å²) in [5, 5.41) is 3.86. The molecule has 4 aliphatic rings. The van der Waals surface area contributed by atoms with Gasteiger partial charge >= 0.3 is 5.97 Å². The van der Waals surface area contributed by atoms with E-state index < -0.39 is 0 Å². The molecule has 0 aromatic rings. The summed E-state index contributed by atoms with van der Waals surface area (Å²) in [5.41, 5.74) is 1.31. The normalized spacial score (nSPS) is 45.6. The standard InChI is InChI=1S/C18H31NO2/c1-5-21-15(20)6-13(2)19-18-9-14-7-16(3,11-18)10-17(4,8-14)12-18/h13-14,19H,5-12H2,1-4H3. The third-order valence-corrected chi connectivity index (χ3v) is 5.96. The summed E-state index contributed by atoms with van der Waals surface area (Å²) in [6.45, 7) is 9.47. The Morgan fingerprint density at radius 2 is 1.81 bits per heavy atom. The summed E-state index contributed by atoms with van der Waals surface area (Å²) in [5.74, 6) is 0.818. The number of carbonyl (C=O) groups excluding carboxylic acids is 1. The van der Waals surface area contributed by atoms with E-state index in [0.29, 0.717) is 23.9 Å². The summed E-state index contributed by atoms with van der Waals surface area (Å²) >= 11 is 0. The topological polar surface area (TPSA) is 38.3 Å². The Morgan fingerprint density at radius 3 is 2.33 bits per heavy atom. The SMILES string of the molecule is CCOC(=O)CC(C)NC12CC3CC(C)(CC(C)(C3)C1)C2. The minimum Gasteiger partial charge on any atom is -0.466 e. The summed E-state index contributed by atoms with van der Waals surface area (Å²) in [4.78, 5) is 11.7. The minimum absolute atomic E-state index is 0.0698. The van der Waals surface area contributed by atoms with Crippen LogP contribution in [0.5, 0.6) is 0 Å². The Morgan fingerprint density at radius 1 is 1.19 bits per heavy atom. The first-order valence-electron chi connectivity index (χ1n) is 8.69. The maximum absolute atomic E-state index is 11.7. The van der Waals surface area contributed by atoms with E-state index in [2.05, 4.69) is 26.1 Å². The van der Waals surface area contributed by atoms with Crippen molar-refractivity contribution >= 4 is 5.97 Å². The molecule has 4 rings (SSSR count). The van der Waals surface area contributed by atoms with Crippen LogP contribution in [0.4, 0.5) is 0 Å². The van der Waals surface area contributed by atoms with Crippen molar-refractivity contribution in [2.45, 2.75) is 84.2 Å². The second kappa shape index (κ2) is 4.97. The van der Waals surface area contributed by atoms with Gasteiger partial charge in [-0.05, 0) is 69.1 Å². The predicted octanol–water partition coefficient (Wildman–Crippen LogP) is 3.67. The fraction of sp³-hybridized carbons (Fsp3) is 0.944. The van der Waals surface area contributed by atoms with E-state index in [1.165, 1.54) is 38.5 Å². The zero-order valence-electron chi connectivity index (χ0n) is 14.1. The number of ether oxygens (including phenoxy) is 1. The molecule has 4 aliphatic carbocycles. The van der Waals surface area contributed by atoms with E-state index in [-0.39, 0.29) is 17.6 Å². The molecule has 0 spiro atoms. The molecule has 4 fully saturated rings. The van der Waals surface area contributed by atoms with E-state index >= 15 is 0 Å². The van der Waals surface area contributed by atoms with Gasteiger partial charge in [0, 0.05) is 11.6 Å². The third-order valence-electron chi connectivity index (χ3n) is 5.96. The molecular formula is C18H31NO2. The van der Waals surface area contributed by atoms with Gasteiger partial charge in [-0.25, -0.2) is 0 Å². The van der Waals surface area contributed by atoms with Crippen LogP contribution in [-0.4, -0.2) is 24.2 Å². The lowest BCUT2D eigenvalue weighted by Crippen LogP contribution is -2.65. The molecule has 21 heavy (non-hydrogen) atoms. The summed E-state index contributed by atoms with van der Waals surface area (Å²) in [6.07, 6.45) is 8.61. The Labute approximate surface area is 129 Å². The number of hydrogen-bond donors (Lipinski definition) is 1. The Balaban J connectivity index is 1.69. The number of esters is 1. The third kappa shape index (κ3) is 2.99. The Bertz CT molecular complexity index is 415. The highest BCUT2D eigenvalue weighted by molar-refractivity contribution is 5.70. The van der Waals surface area contributed by atoms with Gasteiger partial charge in [-0.3, -0.25) is 4.79 Å². The lowest BCUT2D eigenvalue weighted by molar-refractivity contribution is -0.144. The highest BCUT2D eigenvalue weighted by Gasteiger charge is 2.60. The molecule has 4 bridgehead atoms. The maximum atomic E-state index is 11.7. The molecule has 0 radical (unpaired) electrons. The van der Waals surface area contributed by atoms with Gasteiger partial charge in [0.1, 0.15) is 0 Å². The molecule has 3 unspecified atom stereocenters. The maximum Gasteiger partial charge on any atom is 0.307 e. The molecule has 3 heteroatoms. The van der Waals surface area contributed by atoms with Gasteiger partial charge in [-0.2, -0.15) is 0 Å². The van der Waals surface area contributed by atoms with Crippen molar-refractivity contribution < 1.29 is 9.53 Å². The van der Waals surface area contributed by atoms with Gasteiger partial charge in [0.2, 0.25) is 0 Å². The van der Waals surface area contributed by atoms with Crippen LogP contribution in [0.2, 0.25) is 0 Å². The molecule has 0 saturated heterocycles. The molecule has 1 N–H and O–H groups in total. The Hall–Kier alpha value is -0.570. The lowest BCUT2D eigenvalue weighted by atomic mass is 9.42. The second-order valence-electron chi connectivity index (χ2n) is 8.96. The highest BCUT2D eigenvalue weighted by Crippen LogP contribution is 2.66. The van der Waals surface area contributed by atoms with Crippen LogP contribution in [0, 0.1) is 16.7 Å². The molecule has 4 saturated carbocycles. The number of rotatable bonds is 5. The Kier molecular flexibility index (Phi) is 3.63. The van der Waals surface area contributed by atoms with Gasteiger partial charge < -0.3 is 10.1 Å². The van der Waals surface area contributed by atoms with Crippen LogP contribution >= 0.6 is 0 Å². The molecule has 3 atom stereocenters. The van der Waals surface area contributed by atoms with E-state index in [1.54, 1.807) is 0 Å². The molecule has 120 valence electrons. The molecule has 0 amide bonds. The first kappa shape index (κ1) is 15.3. The second-order valence-corrected chi connectivity index (χ2v) is 8.96. The molecule has 0 heterocycles. The fourth-order valence-electron chi connectivity index (χ4n) is 6.65. The molecular weight excluding hydrogens is 262 g/mol. The van der Waals surface area contributed by atoms with E-state index in [1.807, 2.05) is 6.92 Å². The molecule has 0 aromatic heterocycles. The van der Waals surface area contributed by atoms with E-state index in [0.717, 1.165) is 5.92 Å². The lowest BCUT2D eigenvalue weighted by Gasteiger charge is -2.66. The van der Waals surface area contributed by atoms with Crippen LogP contribution in [0.25, 0.3) is 0 Å². The van der Waals surface area contributed by atoms with Crippen LogP contribution in [0.3, 0.4) is 0 Å². The van der Waals surface area contributed by atoms with Crippen molar-refractivity contribution in [3.8, 4) is 0 Å². The summed E-state index contributed by atoms with van der Waals surface area (Å²) < 4.78 is 5.09. The molecule has 0 aromatic carbocycles. The van der Waals surface area contributed by atoms with Crippen LogP contribution in [0.1, 0.15) is 72.6 Å². The predicted molar refractivity (Wildman–Crippen MR) is 84.0 cm³/mol. The largest absolute Gasteiger partial charge is 0.466 e. The van der Waals surface area contributed by atoms with Crippen molar-refractivity contribution in [2.24, 2.45) is 16.7 Å². The number of hydrogen-bond acceptors (Lipinski definition) is 3. The summed E-state index contributed by atoms with van der Waals surface area (Å²) in [6, 6.07) is 0.215. The van der Waals surface area contributed by atoms with Gasteiger partial charge in [0.05, 0.1) is 13.0 Å². The first-order chi connectivity index (χ1) is 9.76. The average molecular weight is 293 g/mol. The van der Waals surface area contributed by atoms with Crippen LogP contribution in [0.15, 0.2) is 0 Å². The number of carbonyl (C=O) groups is 1. The van der Waals surface area contributed by atoms with Crippen LogP contribution in [-0.2, 0) is 9.53 Å². The van der Waals surface area contributed by atoms with E-state index in [9.17, 15) is 4.79 Å². The smallest absolute Gasteiger partial charge is 0.307 e. The quantitative estimate of drug-likeness (QED) is 0.786. The average Bonchev–Trinajstić information content (AvgIpc) is 2.21. The van der Waals surface area contributed by atoms with Gasteiger partial charge in [0.15, 0.2) is 0 Å². The number of nitrogens with one attached hydrogen (secondary N) is 1. The molecule has 0 aliphatic heterocycles. The van der Waals surface area contributed by atoms with Gasteiger partial charge in [-0.1, -0.05) is 13.8 Å². The van der Waals surface area contributed by atoms with Crippen molar-refractivity contribution in [1.82, 2.24) is 5.32 Å². The first-order valence-corrected chi connectivity index (χ1v) is 8.69. The highest BCUT2D eigenvalue weighted by atomic mass is 16.5. The fourth-order valence-corrected chi connectivity index (χ4v) is 6.65. The summed E-state index contributed by atoms with van der Waals surface area (Å²) in [7, 11) is 0. The van der Waals surface area contributed by atoms with Gasteiger partial charge in [-0.15, -0.1) is 0 Å². The van der Waals surface area contributed by atoms with Gasteiger partial charge in [0.25, 0.3) is 0 Å².